The molecule has 1 aromatic rings. The Balaban J connectivity index is 1.88. The average molecular weight is 233 g/mol. The Bertz CT molecular complexity index is 386. The van der Waals surface area contributed by atoms with Crippen LogP contribution in [-0.2, 0) is 0 Å². The molecule has 1 aliphatic carbocycles. The van der Waals surface area contributed by atoms with Gasteiger partial charge in [0.05, 0.1) is 0 Å². The number of hydrogen-bond donors (Lipinski definition) is 0. The van der Waals surface area contributed by atoms with Crippen molar-refractivity contribution in [1.29, 1.82) is 0 Å². The average Bonchev–Trinajstić information content (AvgIpc) is 2.66. The highest BCUT2D eigenvalue weighted by Crippen LogP contribution is 2.46. The summed E-state index contributed by atoms with van der Waals surface area (Å²) < 4.78 is 13.0. The second kappa shape index (κ2) is 4.41. The first-order valence-corrected chi connectivity index (χ1v) is 6.71. The molecule has 0 radical (unpaired) electrons. The molecule has 1 heterocycles. The third-order valence-electron chi connectivity index (χ3n) is 4.58. The highest BCUT2D eigenvalue weighted by atomic mass is 19.1. The first kappa shape index (κ1) is 11.2. The van der Waals surface area contributed by atoms with E-state index in [-0.39, 0.29) is 5.82 Å². The van der Waals surface area contributed by atoms with Gasteiger partial charge < -0.3 is 0 Å². The molecule has 1 saturated carbocycles. The van der Waals surface area contributed by atoms with E-state index in [1.54, 1.807) is 12.1 Å². The van der Waals surface area contributed by atoms with Crippen LogP contribution in [-0.4, -0.2) is 18.5 Å². The van der Waals surface area contributed by atoms with Crippen molar-refractivity contribution in [2.45, 2.75) is 31.7 Å². The number of hydrogen-bond acceptors (Lipinski definition) is 1. The molecule has 92 valence electrons. The van der Waals surface area contributed by atoms with Gasteiger partial charge in [0.25, 0.3) is 0 Å². The van der Waals surface area contributed by atoms with Crippen molar-refractivity contribution < 1.29 is 4.39 Å². The molecular formula is C15H20FN. The topological polar surface area (TPSA) is 3.24 Å². The van der Waals surface area contributed by atoms with E-state index in [0.29, 0.717) is 6.04 Å². The summed E-state index contributed by atoms with van der Waals surface area (Å²) in [5, 5.41) is 0. The minimum Gasteiger partial charge on any atom is -0.299 e. The fourth-order valence-electron chi connectivity index (χ4n) is 3.85. The third-order valence-corrected chi connectivity index (χ3v) is 4.58. The molecule has 0 amide bonds. The lowest BCUT2D eigenvalue weighted by Crippen LogP contribution is -2.22. The van der Waals surface area contributed by atoms with Gasteiger partial charge in [-0.1, -0.05) is 25.0 Å². The molecule has 3 atom stereocenters. The minimum absolute atomic E-state index is 0.130. The molecule has 17 heavy (non-hydrogen) atoms. The van der Waals surface area contributed by atoms with Crippen LogP contribution in [0.5, 0.6) is 0 Å². The molecule has 3 rings (SSSR count). The monoisotopic (exact) mass is 233 g/mol. The van der Waals surface area contributed by atoms with E-state index in [1.165, 1.54) is 37.8 Å². The van der Waals surface area contributed by atoms with Crippen LogP contribution in [0.25, 0.3) is 0 Å². The molecule has 0 spiro atoms. The molecule has 1 aromatic carbocycles. The molecule has 2 aliphatic rings. The van der Waals surface area contributed by atoms with Crippen LogP contribution in [0.1, 0.15) is 37.3 Å². The smallest absolute Gasteiger partial charge is 0.123 e. The molecule has 2 heteroatoms. The minimum atomic E-state index is -0.130. The van der Waals surface area contributed by atoms with Gasteiger partial charge in [0.1, 0.15) is 5.82 Å². The maximum absolute atomic E-state index is 13.0. The van der Waals surface area contributed by atoms with Crippen molar-refractivity contribution >= 4 is 0 Å². The summed E-state index contributed by atoms with van der Waals surface area (Å²) in [4.78, 5) is 2.47. The van der Waals surface area contributed by atoms with Gasteiger partial charge in [-0.2, -0.15) is 0 Å². The lowest BCUT2D eigenvalue weighted by Gasteiger charge is -2.29. The summed E-state index contributed by atoms with van der Waals surface area (Å²) in [6.45, 7) is 1.21. The second-order valence-electron chi connectivity index (χ2n) is 5.64. The molecule has 1 saturated heterocycles. The van der Waals surface area contributed by atoms with E-state index in [2.05, 4.69) is 11.9 Å². The van der Waals surface area contributed by atoms with Crippen molar-refractivity contribution in [3.63, 3.8) is 0 Å². The molecule has 3 unspecified atom stereocenters. The van der Waals surface area contributed by atoms with Crippen LogP contribution >= 0.6 is 0 Å². The Morgan fingerprint density at radius 2 is 1.82 bits per heavy atom. The lowest BCUT2D eigenvalue weighted by molar-refractivity contribution is 0.239. The van der Waals surface area contributed by atoms with Gasteiger partial charge in [0, 0.05) is 12.6 Å². The zero-order valence-electron chi connectivity index (χ0n) is 10.4. The first-order valence-electron chi connectivity index (χ1n) is 6.71. The number of rotatable bonds is 1. The molecule has 0 bridgehead atoms. The fourth-order valence-corrected chi connectivity index (χ4v) is 3.85. The maximum atomic E-state index is 13.0. The van der Waals surface area contributed by atoms with Crippen LogP contribution in [0.15, 0.2) is 24.3 Å². The zero-order chi connectivity index (χ0) is 11.8. The molecule has 1 aliphatic heterocycles. The first-order chi connectivity index (χ1) is 8.25. The summed E-state index contributed by atoms with van der Waals surface area (Å²) in [5.74, 6) is 1.53. The fraction of sp³-hybridized carbons (Fsp3) is 0.600. The van der Waals surface area contributed by atoms with Gasteiger partial charge in [-0.05, 0) is 49.4 Å². The SMILES string of the molecule is CN1CC2CCCCC2C1c1ccc(F)cc1. The normalized spacial score (nSPS) is 33.6. The highest BCUT2D eigenvalue weighted by molar-refractivity contribution is 5.22. The zero-order valence-corrected chi connectivity index (χ0v) is 10.4. The van der Waals surface area contributed by atoms with Gasteiger partial charge in [-0.3, -0.25) is 4.90 Å². The largest absolute Gasteiger partial charge is 0.299 e. The van der Waals surface area contributed by atoms with Crippen molar-refractivity contribution in [3.05, 3.63) is 35.6 Å². The summed E-state index contributed by atoms with van der Waals surface area (Å²) in [6, 6.07) is 7.64. The summed E-state index contributed by atoms with van der Waals surface area (Å²) in [5.41, 5.74) is 1.29. The molecule has 0 N–H and O–H groups in total. The highest BCUT2D eigenvalue weighted by Gasteiger charge is 2.41. The van der Waals surface area contributed by atoms with Crippen LogP contribution in [0.4, 0.5) is 4.39 Å². The Labute approximate surface area is 103 Å². The standard InChI is InChI=1S/C15H20FN/c1-17-10-12-4-2-3-5-14(12)15(17)11-6-8-13(16)9-7-11/h6-9,12,14-15H,2-5,10H2,1H3. The van der Waals surface area contributed by atoms with E-state index < -0.39 is 0 Å². The Morgan fingerprint density at radius 3 is 2.59 bits per heavy atom. The van der Waals surface area contributed by atoms with Gasteiger partial charge in [0.15, 0.2) is 0 Å². The lowest BCUT2D eigenvalue weighted by atomic mass is 9.77. The quantitative estimate of drug-likeness (QED) is 0.716. The van der Waals surface area contributed by atoms with Crippen LogP contribution < -0.4 is 0 Å². The van der Waals surface area contributed by atoms with Crippen LogP contribution in [0.3, 0.4) is 0 Å². The summed E-state index contributed by atoms with van der Waals surface area (Å²) in [7, 11) is 2.21. The molecular weight excluding hydrogens is 213 g/mol. The summed E-state index contributed by atoms with van der Waals surface area (Å²) in [6.07, 6.45) is 5.49. The molecule has 2 fully saturated rings. The van der Waals surface area contributed by atoms with E-state index in [1.807, 2.05) is 12.1 Å². The number of nitrogens with zero attached hydrogens (tertiary/aromatic N) is 1. The van der Waals surface area contributed by atoms with E-state index in [9.17, 15) is 4.39 Å². The number of likely N-dealkylation sites (tertiary alicyclic amines) is 1. The van der Waals surface area contributed by atoms with Gasteiger partial charge in [0.2, 0.25) is 0 Å². The predicted molar refractivity (Wildman–Crippen MR) is 67.2 cm³/mol. The van der Waals surface area contributed by atoms with E-state index in [0.717, 1.165) is 11.8 Å². The van der Waals surface area contributed by atoms with Crippen molar-refractivity contribution in [2.75, 3.05) is 13.6 Å². The molecule has 0 aromatic heterocycles. The van der Waals surface area contributed by atoms with E-state index >= 15 is 0 Å². The summed E-state index contributed by atoms with van der Waals surface area (Å²) >= 11 is 0. The van der Waals surface area contributed by atoms with Crippen molar-refractivity contribution in [2.24, 2.45) is 11.8 Å². The Hall–Kier alpha value is -0.890. The predicted octanol–water partition coefficient (Wildman–Crippen LogP) is 3.62. The van der Waals surface area contributed by atoms with E-state index in [4.69, 9.17) is 0 Å². The Kier molecular flexibility index (Phi) is 2.91. The Morgan fingerprint density at radius 1 is 1.12 bits per heavy atom. The van der Waals surface area contributed by atoms with Gasteiger partial charge >= 0.3 is 0 Å². The van der Waals surface area contributed by atoms with Gasteiger partial charge in [-0.15, -0.1) is 0 Å². The van der Waals surface area contributed by atoms with Gasteiger partial charge in [-0.25, -0.2) is 4.39 Å². The number of halogens is 1. The van der Waals surface area contributed by atoms with Crippen LogP contribution in [0.2, 0.25) is 0 Å². The second-order valence-corrected chi connectivity index (χ2v) is 5.64. The molecule has 1 nitrogen and oxygen atoms in total. The third kappa shape index (κ3) is 1.99. The number of fused-ring (bicyclic) bond motifs is 1. The number of benzene rings is 1. The van der Waals surface area contributed by atoms with Crippen molar-refractivity contribution in [1.82, 2.24) is 4.90 Å². The van der Waals surface area contributed by atoms with Crippen molar-refractivity contribution in [3.8, 4) is 0 Å². The van der Waals surface area contributed by atoms with Crippen LogP contribution in [0, 0.1) is 17.7 Å². The maximum Gasteiger partial charge on any atom is 0.123 e.